The molecule has 1 N–H and O–H groups in total. The van der Waals surface area contributed by atoms with Gasteiger partial charge in [0.1, 0.15) is 11.4 Å². The van der Waals surface area contributed by atoms with Crippen LogP contribution in [-0.4, -0.2) is 45.8 Å². The quantitative estimate of drug-likeness (QED) is 0.854. The van der Waals surface area contributed by atoms with E-state index in [2.05, 4.69) is 6.92 Å². The number of carbonyl (C=O) groups is 1. The molecule has 0 bridgehead atoms. The van der Waals surface area contributed by atoms with Crippen LogP contribution in [-0.2, 0) is 30.7 Å². The van der Waals surface area contributed by atoms with Gasteiger partial charge in [0.25, 0.3) is 5.56 Å². The summed E-state index contributed by atoms with van der Waals surface area (Å²) >= 11 is 1.52. The highest BCUT2D eigenvalue weighted by Gasteiger charge is 2.26. The molecule has 1 unspecified atom stereocenters. The highest BCUT2D eigenvalue weighted by molar-refractivity contribution is 7.18. The minimum Gasteiger partial charge on any atom is -0.480 e. The molecule has 3 rings (SSSR count). The van der Waals surface area contributed by atoms with E-state index in [1.807, 2.05) is 19.0 Å². The Kier molecular flexibility index (Phi) is 4.83. The van der Waals surface area contributed by atoms with Crippen molar-refractivity contribution in [3.8, 4) is 0 Å². The van der Waals surface area contributed by atoms with Gasteiger partial charge < -0.3 is 10.0 Å². The van der Waals surface area contributed by atoms with Gasteiger partial charge in [-0.1, -0.05) is 6.92 Å². The summed E-state index contributed by atoms with van der Waals surface area (Å²) in [6.45, 7) is 2.65. The number of thiophene rings is 1. The number of fused-ring (bicyclic) bond motifs is 3. The van der Waals surface area contributed by atoms with E-state index in [4.69, 9.17) is 5.11 Å². The molecule has 25 heavy (non-hydrogen) atoms. The fourth-order valence-corrected chi connectivity index (χ4v) is 4.89. The van der Waals surface area contributed by atoms with Gasteiger partial charge in [0.2, 0.25) is 0 Å². The van der Waals surface area contributed by atoms with Crippen molar-refractivity contribution < 1.29 is 9.90 Å². The summed E-state index contributed by atoms with van der Waals surface area (Å²) < 4.78 is 2.44. The van der Waals surface area contributed by atoms with Crippen molar-refractivity contribution in [1.82, 2.24) is 14.0 Å². The predicted octanol–water partition coefficient (Wildman–Crippen LogP) is 0.996. The minimum atomic E-state index is -1.18. The number of aryl methyl sites for hydroxylation is 1. The van der Waals surface area contributed by atoms with E-state index in [1.54, 1.807) is 4.57 Å². The van der Waals surface area contributed by atoms with Crippen LogP contribution in [0.1, 0.15) is 23.8 Å². The number of hydrogen-bond acceptors (Lipinski definition) is 5. The molecule has 8 heteroatoms. The van der Waals surface area contributed by atoms with E-state index in [-0.39, 0.29) is 0 Å². The molecule has 0 amide bonds. The van der Waals surface area contributed by atoms with Gasteiger partial charge in [0.05, 0.1) is 5.39 Å². The van der Waals surface area contributed by atoms with Crippen LogP contribution in [0.25, 0.3) is 10.2 Å². The molecule has 1 atom stereocenters. The molecule has 0 fully saturated rings. The summed E-state index contributed by atoms with van der Waals surface area (Å²) in [6, 6.07) is 0. The molecular weight excluding hydrogens is 342 g/mol. The lowest BCUT2D eigenvalue weighted by Crippen LogP contribution is -2.42. The largest absolute Gasteiger partial charge is 0.480 e. The SMILES string of the molecule is CC1CCc2c(sc3c2c(=O)n(CC(=O)O)c(=O)n3CCN(C)C)C1. The van der Waals surface area contributed by atoms with Gasteiger partial charge >= 0.3 is 11.7 Å². The van der Waals surface area contributed by atoms with E-state index in [1.165, 1.54) is 11.3 Å². The molecule has 0 spiro atoms. The first-order valence-corrected chi connectivity index (χ1v) is 9.25. The summed E-state index contributed by atoms with van der Waals surface area (Å²) in [5.74, 6) is -0.626. The number of aromatic nitrogens is 2. The standard InChI is InChI=1S/C17H23N3O4S/c1-10-4-5-11-12(8-10)25-16-14(11)15(23)20(9-13(21)22)17(24)19(16)7-6-18(2)3/h10H,4-9H2,1-3H3,(H,21,22). The molecule has 2 heterocycles. The molecule has 0 radical (unpaired) electrons. The molecule has 0 aromatic carbocycles. The van der Waals surface area contributed by atoms with Crippen LogP contribution in [0.3, 0.4) is 0 Å². The first-order valence-electron chi connectivity index (χ1n) is 8.44. The number of hydrogen-bond donors (Lipinski definition) is 1. The second-order valence-electron chi connectivity index (χ2n) is 7.05. The summed E-state index contributed by atoms with van der Waals surface area (Å²) in [4.78, 5) is 40.6. The highest BCUT2D eigenvalue weighted by Crippen LogP contribution is 2.36. The van der Waals surface area contributed by atoms with Gasteiger partial charge in [-0.2, -0.15) is 0 Å². The van der Waals surface area contributed by atoms with Crippen LogP contribution in [0.2, 0.25) is 0 Å². The number of carboxylic acids is 1. The highest BCUT2D eigenvalue weighted by atomic mass is 32.1. The maximum atomic E-state index is 12.9. The summed E-state index contributed by atoms with van der Waals surface area (Å²) in [5, 5.41) is 9.65. The fourth-order valence-electron chi connectivity index (χ4n) is 3.37. The van der Waals surface area contributed by atoms with Crippen molar-refractivity contribution in [2.45, 2.75) is 39.3 Å². The molecule has 2 aromatic rings. The topological polar surface area (TPSA) is 84.5 Å². The van der Waals surface area contributed by atoms with Crippen LogP contribution in [0.5, 0.6) is 0 Å². The van der Waals surface area contributed by atoms with Gasteiger partial charge in [-0.25, -0.2) is 9.36 Å². The average molecular weight is 365 g/mol. The number of carboxylic acid groups (broad SMARTS) is 1. The van der Waals surface area contributed by atoms with Crippen LogP contribution in [0, 0.1) is 5.92 Å². The Balaban J connectivity index is 2.29. The van der Waals surface area contributed by atoms with Crippen molar-refractivity contribution >= 4 is 27.5 Å². The molecule has 0 saturated heterocycles. The second-order valence-corrected chi connectivity index (χ2v) is 8.14. The zero-order chi connectivity index (χ0) is 18.3. The molecule has 1 aliphatic rings. The van der Waals surface area contributed by atoms with Crippen molar-refractivity contribution in [3.05, 3.63) is 31.3 Å². The number of rotatable bonds is 5. The first-order chi connectivity index (χ1) is 11.8. The second kappa shape index (κ2) is 6.76. The Morgan fingerprint density at radius 3 is 2.68 bits per heavy atom. The molecular formula is C17H23N3O4S. The Bertz CT molecular complexity index is 938. The lowest BCUT2D eigenvalue weighted by molar-refractivity contribution is -0.137. The van der Waals surface area contributed by atoms with E-state index in [9.17, 15) is 14.4 Å². The third-order valence-corrected chi connectivity index (χ3v) is 6.00. The average Bonchev–Trinajstić information content (AvgIpc) is 2.89. The van der Waals surface area contributed by atoms with Gasteiger partial charge in [0, 0.05) is 18.0 Å². The predicted molar refractivity (Wildman–Crippen MR) is 97.7 cm³/mol. The molecule has 1 aliphatic carbocycles. The molecule has 7 nitrogen and oxygen atoms in total. The van der Waals surface area contributed by atoms with E-state index >= 15 is 0 Å². The van der Waals surface area contributed by atoms with Crippen LogP contribution in [0.15, 0.2) is 9.59 Å². The van der Waals surface area contributed by atoms with E-state index in [0.29, 0.717) is 29.2 Å². The van der Waals surface area contributed by atoms with E-state index < -0.39 is 23.8 Å². The van der Waals surface area contributed by atoms with Crippen molar-refractivity contribution in [2.75, 3.05) is 20.6 Å². The van der Waals surface area contributed by atoms with Crippen molar-refractivity contribution in [3.63, 3.8) is 0 Å². The Morgan fingerprint density at radius 2 is 2.04 bits per heavy atom. The fraction of sp³-hybridized carbons (Fsp3) is 0.588. The molecule has 0 aliphatic heterocycles. The normalized spacial score (nSPS) is 17.2. The summed E-state index contributed by atoms with van der Waals surface area (Å²) in [6.07, 6.45) is 2.73. The lowest BCUT2D eigenvalue weighted by atomic mass is 9.89. The van der Waals surface area contributed by atoms with Crippen LogP contribution < -0.4 is 11.2 Å². The van der Waals surface area contributed by atoms with Gasteiger partial charge in [-0.05, 0) is 44.8 Å². The number of nitrogens with zero attached hydrogens (tertiary/aromatic N) is 3. The van der Waals surface area contributed by atoms with E-state index in [0.717, 1.165) is 34.3 Å². The Morgan fingerprint density at radius 1 is 1.32 bits per heavy atom. The molecule has 0 saturated carbocycles. The van der Waals surface area contributed by atoms with Crippen LogP contribution in [0.4, 0.5) is 0 Å². The molecule has 136 valence electrons. The smallest absolute Gasteiger partial charge is 0.332 e. The molecule has 2 aromatic heterocycles. The van der Waals surface area contributed by atoms with Crippen molar-refractivity contribution in [1.29, 1.82) is 0 Å². The first kappa shape index (κ1) is 17.9. The van der Waals surface area contributed by atoms with Gasteiger partial charge in [-0.3, -0.25) is 14.2 Å². The van der Waals surface area contributed by atoms with Gasteiger partial charge in [-0.15, -0.1) is 11.3 Å². The third-order valence-electron chi connectivity index (χ3n) is 4.72. The van der Waals surface area contributed by atoms with Crippen molar-refractivity contribution in [2.24, 2.45) is 5.92 Å². The summed E-state index contributed by atoms with van der Waals surface area (Å²) in [5.41, 5.74) is 0.0183. The third kappa shape index (κ3) is 3.28. The number of aliphatic carboxylic acids is 1. The number of likely N-dealkylation sites (N-methyl/N-ethyl adjacent to an activating group) is 1. The summed E-state index contributed by atoms with van der Waals surface area (Å²) in [7, 11) is 3.83. The van der Waals surface area contributed by atoms with Gasteiger partial charge in [0.15, 0.2) is 0 Å². The van der Waals surface area contributed by atoms with Crippen LogP contribution >= 0.6 is 11.3 Å². The lowest BCUT2D eigenvalue weighted by Gasteiger charge is -2.17. The zero-order valence-corrected chi connectivity index (χ0v) is 15.6. The maximum Gasteiger partial charge on any atom is 0.332 e. The monoisotopic (exact) mass is 365 g/mol. The zero-order valence-electron chi connectivity index (χ0n) is 14.7. The maximum absolute atomic E-state index is 12.9. The Labute approximate surface area is 149 Å². The minimum absolute atomic E-state index is 0.428. The Hall–Kier alpha value is -1.93.